The number of hydrogen-bond donors (Lipinski definition) is 1. The largest absolute Gasteiger partial charge is 0.463 e. The molecule has 1 aromatic carbocycles. The number of carbonyl (C=O) groups is 3. The van der Waals surface area contributed by atoms with E-state index < -0.39 is 5.97 Å². The van der Waals surface area contributed by atoms with Crippen LogP contribution in [0.2, 0.25) is 0 Å². The van der Waals surface area contributed by atoms with E-state index in [1.807, 2.05) is 34.6 Å². The van der Waals surface area contributed by atoms with Gasteiger partial charge in [0.25, 0.3) is 0 Å². The van der Waals surface area contributed by atoms with Crippen molar-refractivity contribution in [1.82, 2.24) is 0 Å². The zero-order chi connectivity index (χ0) is 25.8. The van der Waals surface area contributed by atoms with Gasteiger partial charge < -0.3 is 24.1 Å². The number of benzene rings is 1. The van der Waals surface area contributed by atoms with Crippen LogP contribution in [-0.4, -0.2) is 48.1 Å². The first-order valence-corrected chi connectivity index (χ1v) is 11.1. The van der Waals surface area contributed by atoms with Gasteiger partial charge in [0.1, 0.15) is 5.75 Å². The predicted octanol–water partition coefficient (Wildman–Crippen LogP) is 9.92. The van der Waals surface area contributed by atoms with Gasteiger partial charge in [0.05, 0.1) is 23.9 Å². The summed E-state index contributed by atoms with van der Waals surface area (Å²) in [5.74, 6) is -0.635. The molecule has 0 radical (unpaired) electrons. The van der Waals surface area contributed by atoms with Crippen molar-refractivity contribution in [1.29, 1.82) is 0 Å². The fraction of sp³-hybridized carbons (Fsp3) is 0.667. The van der Waals surface area contributed by atoms with Gasteiger partial charge in [-0.15, -0.1) is 0 Å². The number of aliphatic hydroxyl groups excluding tert-OH is 1. The molecule has 3 atom stereocenters. The van der Waals surface area contributed by atoms with Crippen LogP contribution in [0.1, 0.15) is 137 Å². The molecule has 8 heteroatoms. The van der Waals surface area contributed by atoms with E-state index in [2.05, 4.69) is 11.3 Å². The first-order chi connectivity index (χ1) is 15.5. The Kier molecular flexibility index (Phi) is 67.4. The summed E-state index contributed by atoms with van der Waals surface area (Å²) >= 11 is 0. The molecule has 0 aliphatic carbocycles. The number of rotatable bonds is 10. The summed E-state index contributed by atoms with van der Waals surface area (Å²) in [6.45, 7) is 15.8. The van der Waals surface area contributed by atoms with Crippen molar-refractivity contribution in [3.8, 4) is 5.75 Å². The molecule has 1 aromatic rings. The smallest absolute Gasteiger partial charge is 0.338 e. The molecule has 0 aliphatic heterocycles. The normalized spacial score (nSPS) is 9.85. The molecule has 3 unspecified atom stereocenters. The Labute approximate surface area is 256 Å². The zero-order valence-electron chi connectivity index (χ0n) is 21.0. The van der Waals surface area contributed by atoms with Crippen LogP contribution in [0.5, 0.6) is 5.75 Å². The molecule has 8 nitrogen and oxygen atoms in total. The van der Waals surface area contributed by atoms with Crippen molar-refractivity contribution in [2.45, 2.75) is 145 Å². The maximum absolute atomic E-state index is 11.7. The van der Waals surface area contributed by atoms with E-state index in [0.717, 1.165) is 25.3 Å². The summed E-state index contributed by atoms with van der Waals surface area (Å²) in [6.07, 6.45) is 3.41. The van der Waals surface area contributed by atoms with Crippen molar-refractivity contribution >= 4 is 17.9 Å². The van der Waals surface area contributed by atoms with E-state index in [0.29, 0.717) is 11.3 Å². The predicted molar refractivity (Wildman–Crippen MR) is 181 cm³/mol. The molecule has 0 spiro atoms. The maximum atomic E-state index is 11.7. The average molecular weight is 597 g/mol. The Morgan fingerprint density at radius 2 is 1.17 bits per heavy atom. The standard InChI is InChI=1S/C15H18O5.C6H12O2.C4H10O.8CH4/c1-4-11(3)20-15(17)12-6-8-13(9-7-12)18-10-19-14(16)5-2;1-4-5(2)8-6(3)7;1-3-4(2)5;;;;;;;;/h5-9,11H,2,4,10H2,1,3H3;5H,4H2,1-3H3;4-5H,3H2,1-2H3;8*1H4. The van der Waals surface area contributed by atoms with Crippen molar-refractivity contribution in [2.24, 2.45) is 0 Å². The number of esters is 3. The van der Waals surface area contributed by atoms with Gasteiger partial charge in [-0.25, -0.2) is 9.59 Å². The van der Waals surface area contributed by atoms with Crippen LogP contribution >= 0.6 is 0 Å². The van der Waals surface area contributed by atoms with Gasteiger partial charge in [0.2, 0.25) is 6.79 Å². The zero-order valence-corrected chi connectivity index (χ0v) is 21.0. The van der Waals surface area contributed by atoms with E-state index >= 15 is 0 Å². The van der Waals surface area contributed by atoms with Crippen molar-refractivity contribution in [3.05, 3.63) is 42.5 Å². The van der Waals surface area contributed by atoms with Gasteiger partial charge >= 0.3 is 17.9 Å². The minimum Gasteiger partial charge on any atom is -0.463 e. The summed E-state index contributed by atoms with van der Waals surface area (Å²) in [4.78, 5) is 32.7. The monoisotopic (exact) mass is 597 g/mol. The van der Waals surface area contributed by atoms with Crippen molar-refractivity contribution < 1.29 is 38.4 Å². The van der Waals surface area contributed by atoms with Gasteiger partial charge in [-0.2, -0.15) is 0 Å². The highest BCUT2D eigenvalue weighted by Crippen LogP contribution is 2.14. The number of aliphatic hydroxyl groups is 1. The Hall–Kier alpha value is -2.87. The molecule has 0 aliphatic rings. The molecule has 0 aromatic heterocycles. The highest BCUT2D eigenvalue weighted by Gasteiger charge is 2.10. The number of carbonyl (C=O) groups excluding carboxylic acids is 3. The molecule has 0 saturated heterocycles. The van der Waals surface area contributed by atoms with E-state index in [4.69, 9.17) is 19.3 Å². The summed E-state index contributed by atoms with van der Waals surface area (Å²) in [5.41, 5.74) is 0.445. The summed E-state index contributed by atoms with van der Waals surface area (Å²) in [5, 5.41) is 8.36. The van der Waals surface area contributed by atoms with Crippen molar-refractivity contribution in [2.75, 3.05) is 6.79 Å². The van der Waals surface area contributed by atoms with E-state index in [-0.39, 0.29) is 96.5 Å². The molecule has 41 heavy (non-hydrogen) atoms. The number of ether oxygens (including phenoxy) is 4. The van der Waals surface area contributed by atoms with Crippen LogP contribution in [0.15, 0.2) is 36.9 Å². The lowest BCUT2D eigenvalue weighted by atomic mass is 10.2. The maximum Gasteiger partial charge on any atom is 0.338 e. The summed E-state index contributed by atoms with van der Waals surface area (Å²) in [7, 11) is 0. The van der Waals surface area contributed by atoms with Crippen LogP contribution in [0, 0.1) is 0 Å². The minimum absolute atomic E-state index is 0. The molecule has 0 fully saturated rings. The van der Waals surface area contributed by atoms with Crippen LogP contribution in [0.3, 0.4) is 0 Å². The first-order valence-electron chi connectivity index (χ1n) is 11.1. The highest BCUT2D eigenvalue weighted by molar-refractivity contribution is 5.89. The SMILES string of the molecule is C.C.C.C.C.C.C.C.C=CC(=O)OCOc1ccc(C(=O)OC(C)CC)cc1.CCC(C)O.CCC(C)OC(C)=O. The third-order valence-corrected chi connectivity index (χ3v) is 4.10. The van der Waals surface area contributed by atoms with Crippen molar-refractivity contribution in [3.63, 3.8) is 0 Å². The van der Waals surface area contributed by atoms with E-state index in [1.165, 1.54) is 6.92 Å². The van der Waals surface area contributed by atoms with E-state index in [1.54, 1.807) is 31.2 Å². The second-order valence-corrected chi connectivity index (χ2v) is 7.16. The molecule has 0 bridgehead atoms. The van der Waals surface area contributed by atoms with E-state index in [9.17, 15) is 14.4 Å². The van der Waals surface area contributed by atoms with Crippen LogP contribution in [0.25, 0.3) is 0 Å². The van der Waals surface area contributed by atoms with Crippen LogP contribution in [0.4, 0.5) is 0 Å². The lowest BCUT2D eigenvalue weighted by molar-refractivity contribution is -0.146. The fourth-order valence-corrected chi connectivity index (χ4v) is 1.60. The minimum atomic E-state index is -0.557. The molecule has 0 heterocycles. The van der Waals surface area contributed by atoms with Gasteiger partial charge in [0.15, 0.2) is 0 Å². The second kappa shape index (κ2) is 41.6. The van der Waals surface area contributed by atoms with Gasteiger partial charge in [-0.3, -0.25) is 4.79 Å². The molecule has 0 saturated carbocycles. The average Bonchev–Trinajstić information content (AvgIpc) is 2.79. The topological polar surface area (TPSA) is 108 Å². The van der Waals surface area contributed by atoms with Gasteiger partial charge in [-0.05, 0) is 64.3 Å². The third kappa shape index (κ3) is 41.7. The summed E-state index contributed by atoms with van der Waals surface area (Å²) in [6, 6.07) is 6.40. The highest BCUT2D eigenvalue weighted by atomic mass is 16.7. The third-order valence-electron chi connectivity index (χ3n) is 4.10. The Balaban J connectivity index is -0.0000000494. The lowest BCUT2D eigenvalue weighted by Gasteiger charge is -2.11. The molecule has 1 rings (SSSR count). The van der Waals surface area contributed by atoms with Gasteiger partial charge in [-0.1, -0.05) is 86.8 Å². The number of hydrogen-bond acceptors (Lipinski definition) is 8. The van der Waals surface area contributed by atoms with Gasteiger partial charge in [0, 0.05) is 13.0 Å². The fourth-order valence-electron chi connectivity index (χ4n) is 1.60. The molecular formula is C33H72O8. The Bertz CT molecular complexity index is 685. The van der Waals surface area contributed by atoms with Crippen LogP contribution in [-0.2, 0) is 23.8 Å². The lowest BCUT2D eigenvalue weighted by Crippen LogP contribution is -2.14. The summed E-state index contributed by atoms with van der Waals surface area (Å²) < 4.78 is 19.8. The molecular weight excluding hydrogens is 524 g/mol. The molecule has 252 valence electrons. The quantitative estimate of drug-likeness (QED) is 0.123. The first kappa shape index (κ1) is 66.4. The van der Waals surface area contributed by atoms with Crippen LogP contribution < -0.4 is 4.74 Å². The Morgan fingerprint density at radius 3 is 1.46 bits per heavy atom. The Morgan fingerprint density at radius 1 is 0.780 bits per heavy atom. The molecule has 1 N–H and O–H groups in total. The second-order valence-electron chi connectivity index (χ2n) is 7.16. The molecule has 0 amide bonds.